The van der Waals surface area contributed by atoms with Crippen molar-refractivity contribution in [1.29, 1.82) is 0 Å². The Morgan fingerprint density at radius 1 is 1.39 bits per heavy atom. The summed E-state index contributed by atoms with van der Waals surface area (Å²) in [7, 11) is 0. The van der Waals surface area contributed by atoms with Gasteiger partial charge in [-0.1, -0.05) is 23.7 Å². The zero-order valence-electron chi connectivity index (χ0n) is 10.6. The van der Waals surface area contributed by atoms with E-state index in [1.165, 1.54) is 0 Å². The fourth-order valence-corrected chi connectivity index (χ4v) is 1.73. The molecule has 1 aromatic heterocycles. The molecule has 0 N–H and O–H groups in total. The van der Waals surface area contributed by atoms with E-state index in [1.807, 2.05) is 32.9 Å². The molecule has 1 aromatic carbocycles. The van der Waals surface area contributed by atoms with E-state index in [0.717, 1.165) is 12.0 Å². The number of hydrogen-bond acceptors (Lipinski definition) is 4. The van der Waals surface area contributed by atoms with Crippen molar-refractivity contribution in [1.82, 2.24) is 10.1 Å². The number of aromatic nitrogens is 2. The minimum Gasteiger partial charge on any atom is -0.489 e. The van der Waals surface area contributed by atoms with Gasteiger partial charge in [0, 0.05) is 12.0 Å². The fraction of sp³-hybridized carbons (Fsp3) is 0.385. The average molecular weight is 267 g/mol. The highest BCUT2D eigenvalue weighted by Gasteiger charge is 2.10. The van der Waals surface area contributed by atoms with Crippen LogP contribution in [0.3, 0.4) is 0 Å². The van der Waals surface area contributed by atoms with E-state index >= 15 is 0 Å². The quantitative estimate of drug-likeness (QED) is 0.846. The van der Waals surface area contributed by atoms with Crippen LogP contribution in [0, 0.1) is 0 Å². The molecule has 0 amide bonds. The highest BCUT2D eigenvalue weighted by molar-refractivity contribution is 6.32. The van der Waals surface area contributed by atoms with Crippen LogP contribution in [0.2, 0.25) is 5.02 Å². The summed E-state index contributed by atoms with van der Waals surface area (Å²) in [6.45, 7) is 5.87. The summed E-state index contributed by atoms with van der Waals surface area (Å²) in [4.78, 5) is 4.25. The maximum absolute atomic E-state index is 6.15. The number of rotatable bonds is 4. The maximum atomic E-state index is 6.15. The monoisotopic (exact) mass is 266 g/mol. The van der Waals surface area contributed by atoms with Gasteiger partial charge in [0.05, 0.1) is 11.1 Å². The third kappa shape index (κ3) is 2.82. The van der Waals surface area contributed by atoms with Crippen LogP contribution in [-0.2, 0) is 6.42 Å². The second kappa shape index (κ2) is 5.40. The van der Waals surface area contributed by atoms with Crippen LogP contribution in [0.1, 0.15) is 26.7 Å². The van der Waals surface area contributed by atoms with Gasteiger partial charge in [-0.25, -0.2) is 0 Å². The van der Waals surface area contributed by atoms with Gasteiger partial charge in [-0.05, 0) is 32.0 Å². The van der Waals surface area contributed by atoms with Gasteiger partial charge >= 0.3 is 0 Å². The first kappa shape index (κ1) is 12.9. The number of aryl methyl sites for hydroxylation is 1. The molecular formula is C13H15ClN2O2. The van der Waals surface area contributed by atoms with Crippen LogP contribution in [-0.4, -0.2) is 16.2 Å². The maximum Gasteiger partial charge on any atom is 0.226 e. The SMILES string of the molecule is CCc1nc(-c2ccc(OC(C)C)c(Cl)c2)no1. The Hall–Kier alpha value is -1.55. The highest BCUT2D eigenvalue weighted by atomic mass is 35.5. The molecule has 0 aliphatic heterocycles. The average Bonchev–Trinajstić information content (AvgIpc) is 2.80. The smallest absolute Gasteiger partial charge is 0.226 e. The summed E-state index contributed by atoms with van der Waals surface area (Å²) in [5.41, 5.74) is 0.819. The number of nitrogens with zero attached hydrogens (tertiary/aromatic N) is 2. The van der Waals surface area contributed by atoms with Gasteiger partial charge in [-0.3, -0.25) is 0 Å². The van der Waals surface area contributed by atoms with Gasteiger partial charge in [0.25, 0.3) is 0 Å². The number of hydrogen-bond donors (Lipinski definition) is 0. The summed E-state index contributed by atoms with van der Waals surface area (Å²) in [5, 5.41) is 4.45. The Morgan fingerprint density at radius 3 is 2.72 bits per heavy atom. The van der Waals surface area contributed by atoms with E-state index < -0.39 is 0 Å². The molecule has 0 atom stereocenters. The van der Waals surface area contributed by atoms with Crippen LogP contribution in [0.4, 0.5) is 0 Å². The zero-order valence-corrected chi connectivity index (χ0v) is 11.4. The Bertz CT molecular complexity index is 538. The van der Waals surface area contributed by atoms with Gasteiger partial charge in [0.1, 0.15) is 5.75 Å². The van der Waals surface area contributed by atoms with Crippen molar-refractivity contribution < 1.29 is 9.26 Å². The summed E-state index contributed by atoms with van der Waals surface area (Å²) in [6, 6.07) is 5.47. The molecule has 2 rings (SSSR count). The molecule has 0 radical (unpaired) electrons. The van der Waals surface area contributed by atoms with Crippen LogP contribution in [0.25, 0.3) is 11.4 Å². The first-order valence-electron chi connectivity index (χ1n) is 5.89. The molecule has 0 saturated carbocycles. The molecule has 96 valence electrons. The lowest BCUT2D eigenvalue weighted by molar-refractivity contribution is 0.242. The molecule has 0 aliphatic rings. The van der Waals surface area contributed by atoms with Gasteiger partial charge in [-0.2, -0.15) is 4.98 Å². The first-order chi connectivity index (χ1) is 8.60. The minimum absolute atomic E-state index is 0.0882. The summed E-state index contributed by atoms with van der Waals surface area (Å²) in [6.07, 6.45) is 0.806. The first-order valence-corrected chi connectivity index (χ1v) is 6.27. The van der Waals surface area contributed by atoms with Crippen LogP contribution in [0.5, 0.6) is 5.75 Å². The number of halogens is 1. The van der Waals surface area contributed by atoms with Crippen molar-refractivity contribution >= 4 is 11.6 Å². The summed E-state index contributed by atoms with van der Waals surface area (Å²) < 4.78 is 10.6. The topological polar surface area (TPSA) is 48.2 Å². The van der Waals surface area contributed by atoms with Gasteiger partial charge in [0.15, 0.2) is 0 Å². The highest BCUT2D eigenvalue weighted by Crippen LogP contribution is 2.29. The molecule has 0 bridgehead atoms. The fourth-order valence-electron chi connectivity index (χ4n) is 1.51. The molecule has 0 unspecified atom stereocenters. The predicted molar refractivity (Wildman–Crippen MR) is 69.9 cm³/mol. The number of ether oxygens (including phenoxy) is 1. The van der Waals surface area contributed by atoms with Crippen molar-refractivity contribution in [2.24, 2.45) is 0 Å². The minimum atomic E-state index is 0.0882. The normalized spacial score (nSPS) is 10.9. The lowest BCUT2D eigenvalue weighted by Gasteiger charge is -2.11. The molecule has 0 fully saturated rings. The van der Waals surface area contributed by atoms with Crippen molar-refractivity contribution in [3.8, 4) is 17.1 Å². The predicted octanol–water partition coefficient (Wildman–Crippen LogP) is 3.74. The number of benzene rings is 1. The molecule has 18 heavy (non-hydrogen) atoms. The van der Waals surface area contributed by atoms with Crippen molar-refractivity contribution in [2.45, 2.75) is 33.3 Å². The van der Waals surface area contributed by atoms with Crippen molar-refractivity contribution in [3.63, 3.8) is 0 Å². The van der Waals surface area contributed by atoms with Crippen molar-refractivity contribution in [3.05, 3.63) is 29.1 Å². The third-order valence-electron chi connectivity index (χ3n) is 2.32. The lowest BCUT2D eigenvalue weighted by Crippen LogP contribution is -2.05. The Morgan fingerprint density at radius 2 is 2.17 bits per heavy atom. The molecule has 0 saturated heterocycles. The van der Waals surface area contributed by atoms with Crippen molar-refractivity contribution in [2.75, 3.05) is 0 Å². The van der Waals surface area contributed by atoms with Crippen LogP contribution < -0.4 is 4.74 Å². The van der Waals surface area contributed by atoms with E-state index in [2.05, 4.69) is 10.1 Å². The third-order valence-corrected chi connectivity index (χ3v) is 2.62. The summed E-state index contributed by atoms with van der Waals surface area (Å²) in [5.74, 6) is 1.82. The summed E-state index contributed by atoms with van der Waals surface area (Å²) >= 11 is 6.15. The molecule has 4 nitrogen and oxygen atoms in total. The van der Waals surface area contributed by atoms with E-state index in [1.54, 1.807) is 6.07 Å². The van der Waals surface area contributed by atoms with E-state index in [9.17, 15) is 0 Å². The van der Waals surface area contributed by atoms with Gasteiger partial charge in [-0.15, -0.1) is 0 Å². The van der Waals surface area contributed by atoms with E-state index in [0.29, 0.717) is 22.5 Å². The molecule has 0 spiro atoms. The van der Waals surface area contributed by atoms with Crippen LogP contribution >= 0.6 is 11.6 Å². The largest absolute Gasteiger partial charge is 0.489 e. The second-order valence-electron chi connectivity index (χ2n) is 4.18. The van der Waals surface area contributed by atoms with E-state index in [4.69, 9.17) is 20.9 Å². The van der Waals surface area contributed by atoms with Gasteiger partial charge < -0.3 is 9.26 Å². The van der Waals surface area contributed by atoms with Gasteiger partial charge in [0.2, 0.25) is 11.7 Å². The lowest BCUT2D eigenvalue weighted by atomic mass is 10.2. The van der Waals surface area contributed by atoms with E-state index in [-0.39, 0.29) is 6.10 Å². The Kier molecular flexibility index (Phi) is 3.87. The molecule has 5 heteroatoms. The molecule has 0 aliphatic carbocycles. The van der Waals surface area contributed by atoms with Crippen LogP contribution in [0.15, 0.2) is 22.7 Å². The molecule has 2 aromatic rings. The Balaban J connectivity index is 2.28. The second-order valence-corrected chi connectivity index (χ2v) is 4.58. The Labute approximate surface area is 111 Å². The molecule has 1 heterocycles. The molecular weight excluding hydrogens is 252 g/mol. The standard InChI is InChI=1S/C13H15ClN2O2/c1-4-12-15-13(16-18-12)9-5-6-11(10(14)7-9)17-8(2)3/h5-8H,4H2,1-3H3. The zero-order chi connectivity index (χ0) is 13.1.